The molecule has 102 valence electrons. The standard InChI is InChI=1S/C13H18N4OS/c1-10-15-16-13(17(10)2)19-9-5-8-18-12-7-4-3-6-11(12)14/h3-4,6-7H,5,8-9,14H2,1-2H3. The molecule has 0 aliphatic rings. The van der Waals surface area contributed by atoms with Crippen LogP contribution in [0.1, 0.15) is 12.2 Å². The van der Waals surface area contributed by atoms with Crippen LogP contribution >= 0.6 is 11.8 Å². The molecular formula is C13H18N4OS. The fourth-order valence-electron chi connectivity index (χ4n) is 1.53. The number of aryl methyl sites for hydroxylation is 1. The van der Waals surface area contributed by atoms with E-state index >= 15 is 0 Å². The molecule has 2 rings (SSSR count). The molecule has 0 aliphatic carbocycles. The SMILES string of the molecule is Cc1nnc(SCCCOc2ccccc2N)n1C. The van der Waals surface area contributed by atoms with Crippen molar-refractivity contribution in [2.24, 2.45) is 7.05 Å². The maximum atomic E-state index is 5.80. The first-order valence-corrected chi connectivity index (χ1v) is 7.13. The predicted octanol–water partition coefficient (Wildman–Crippen LogP) is 2.27. The summed E-state index contributed by atoms with van der Waals surface area (Å²) in [6, 6.07) is 7.54. The van der Waals surface area contributed by atoms with Gasteiger partial charge in [0.2, 0.25) is 0 Å². The van der Waals surface area contributed by atoms with Gasteiger partial charge in [0.15, 0.2) is 5.16 Å². The van der Waals surface area contributed by atoms with Crippen molar-refractivity contribution in [3.63, 3.8) is 0 Å². The zero-order valence-electron chi connectivity index (χ0n) is 11.2. The van der Waals surface area contributed by atoms with Gasteiger partial charge < -0.3 is 15.0 Å². The van der Waals surface area contributed by atoms with Crippen molar-refractivity contribution < 1.29 is 4.74 Å². The van der Waals surface area contributed by atoms with E-state index in [9.17, 15) is 0 Å². The fourth-order valence-corrected chi connectivity index (χ4v) is 2.40. The van der Waals surface area contributed by atoms with Crippen molar-refractivity contribution >= 4 is 17.4 Å². The van der Waals surface area contributed by atoms with Crippen molar-refractivity contribution in [3.8, 4) is 5.75 Å². The smallest absolute Gasteiger partial charge is 0.190 e. The zero-order valence-corrected chi connectivity index (χ0v) is 12.0. The van der Waals surface area contributed by atoms with Crippen molar-refractivity contribution in [1.29, 1.82) is 0 Å². The van der Waals surface area contributed by atoms with Gasteiger partial charge in [-0.2, -0.15) is 0 Å². The zero-order chi connectivity index (χ0) is 13.7. The first-order valence-electron chi connectivity index (χ1n) is 6.14. The van der Waals surface area contributed by atoms with E-state index in [0.29, 0.717) is 12.3 Å². The van der Waals surface area contributed by atoms with Crippen molar-refractivity contribution in [1.82, 2.24) is 14.8 Å². The number of nitrogen functional groups attached to an aromatic ring is 1. The van der Waals surface area contributed by atoms with Crippen LogP contribution in [0.4, 0.5) is 5.69 Å². The van der Waals surface area contributed by atoms with Gasteiger partial charge in [0.1, 0.15) is 11.6 Å². The second-order valence-corrected chi connectivity index (χ2v) is 5.24. The molecule has 0 aliphatic heterocycles. The Labute approximate surface area is 117 Å². The molecule has 0 fully saturated rings. The van der Waals surface area contributed by atoms with Crippen molar-refractivity contribution in [2.75, 3.05) is 18.1 Å². The Hall–Kier alpha value is -1.69. The molecule has 5 nitrogen and oxygen atoms in total. The number of ether oxygens (including phenoxy) is 1. The number of thioether (sulfide) groups is 1. The van der Waals surface area contributed by atoms with Crippen molar-refractivity contribution in [2.45, 2.75) is 18.5 Å². The summed E-state index contributed by atoms with van der Waals surface area (Å²) in [7, 11) is 1.97. The molecule has 2 aromatic rings. The molecule has 1 aromatic carbocycles. The number of anilines is 1. The Bertz CT molecular complexity index is 541. The highest BCUT2D eigenvalue weighted by atomic mass is 32.2. The predicted molar refractivity (Wildman–Crippen MR) is 77.4 cm³/mol. The van der Waals surface area contributed by atoms with Gasteiger partial charge in [0, 0.05) is 12.8 Å². The molecule has 0 amide bonds. The monoisotopic (exact) mass is 278 g/mol. The minimum absolute atomic E-state index is 0.651. The van der Waals surface area contributed by atoms with Gasteiger partial charge in [-0.1, -0.05) is 23.9 Å². The van der Waals surface area contributed by atoms with Crippen LogP contribution in [-0.2, 0) is 7.05 Å². The average Bonchev–Trinajstić information content (AvgIpc) is 2.72. The minimum Gasteiger partial charge on any atom is -0.491 e. The van der Waals surface area contributed by atoms with E-state index in [2.05, 4.69) is 10.2 Å². The lowest BCUT2D eigenvalue weighted by Crippen LogP contribution is -2.02. The summed E-state index contributed by atoms with van der Waals surface area (Å²) in [4.78, 5) is 0. The highest BCUT2D eigenvalue weighted by molar-refractivity contribution is 7.99. The summed E-state index contributed by atoms with van der Waals surface area (Å²) >= 11 is 1.69. The maximum absolute atomic E-state index is 5.80. The second-order valence-electron chi connectivity index (χ2n) is 4.18. The third kappa shape index (κ3) is 3.64. The fraction of sp³-hybridized carbons (Fsp3) is 0.385. The van der Waals surface area contributed by atoms with E-state index in [1.807, 2.05) is 42.8 Å². The van der Waals surface area contributed by atoms with Crippen molar-refractivity contribution in [3.05, 3.63) is 30.1 Å². The molecule has 0 radical (unpaired) electrons. The molecule has 0 saturated heterocycles. The normalized spacial score (nSPS) is 10.6. The molecule has 0 saturated carbocycles. The Morgan fingerprint density at radius 1 is 1.32 bits per heavy atom. The Kier molecular flexibility index (Phi) is 4.68. The maximum Gasteiger partial charge on any atom is 0.190 e. The summed E-state index contributed by atoms with van der Waals surface area (Å²) in [6.45, 7) is 2.59. The van der Waals surface area contributed by atoms with E-state index in [0.717, 1.165) is 28.9 Å². The van der Waals surface area contributed by atoms with E-state index < -0.39 is 0 Å². The topological polar surface area (TPSA) is 66.0 Å². The van der Waals surface area contributed by atoms with Crippen LogP contribution in [0.3, 0.4) is 0 Å². The Morgan fingerprint density at radius 2 is 2.11 bits per heavy atom. The first-order chi connectivity index (χ1) is 9.18. The van der Waals surface area contributed by atoms with Gasteiger partial charge in [-0.3, -0.25) is 0 Å². The Balaban J connectivity index is 1.70. The lowest BCUT2D eigenvalue weighted by molar-refractivity contribution is 0.320. The lowest BCUT2D eigenvalue weighted by atomic mass is 10.3. The number of benzene rings is 1. The summed E-state index contributed by atoms with van der Waals surface area (Å²) < 4.78 is 7.62. The summed E-state index contributed by atoms with van der Waals surface area (Å²) in [5.74, 6) is 2.62. The molecule has 1 heterocycles. The molecule has 0 spiro atoms. The van der Waals surface area contributed by atoms with Crippen LogP contribution in [0.25, 0.3) is 0 Å². The number of hydrogen-bond acceptors (Lipinski definition) is 5. The third-order valence-corrected chi connectivity index (χ3v) is 3.86. The van der Waals surface area contributed by atoms with Gasteiger partial charge in [-0.05, 0) is 25.5 Å². The number of nitrogens with zero attached hydrogens (tertiary/aromatic N) is 3. The summed E-state index contributed by atoms with van der Waals surface area (Å²) in [5, 5.41) is 9.06. The molecule has 0 atom stereocenters. The average molecular weight is 278 g/mol. The van der Waals surface area contributed by atoms with Crippen LogP contribution < -0.4 is 10.5 Å². The minimum atomic E-state index is 0.651. The highest BCUT2D eigenvalue weighted by Crippen LogP contribution is 2.20. The quantitative estimate of drug-likeness (QED) is 0.499. The van der Waals surface area contributed by atoms with E-state index in [1.165, 1.54) is 0 Å². The molecule has 1 aromatic heterocycles. The summed E-state index contributed by atoms with van der Waals surface area (Å²) in [5.41, 5.74) is 6.48. The van der Waals surface area contributed by atoms with Crippen LogP contribution in [0, 0.1) is 6.92 Å². The van der Waals surface area contributed by atoms with Gasteiger partial charge in [0.25, 0.3) is 0 Å². The molecule has 0 unspecified atom stereocenters. The second kappa shape index (κ2) is 6.47. The highest BCUT2D eigenvalue weighted by Gasteiger charge is 2.05. The largest absolute Gasteiger partial charge is 0.491 e. The van der Waals surface area contributed by atoms with Crippen LogP contribution in [-0.4, -0.2) is 27.1 Å². The Morgan fingerprint density at radius 3 is 2.79 bits per heavy atom. The van der Waals surface area contributed by atoms with Crippen LogP contribution in [0.2, 0.25) is 0 Å². The molecule has 2 N–H and O–H groups in total. The number of para-hydroxylation sites is 2. The van der Waals surface area contributed by atoms with E-state index in [4.69, 9.17) is 10.5 Å². The van der Waals surface area contributed by atoms with Crippen LogP contribution in [0.15, 0.2) is 29.4 Å². The van der Waals surface area contributed by atoms with Gasteiger partial charge >= 0.3 is 0 Å². The van der Waals surface area contributed by atoms with Gasteiger partial charge in [0.05, 0.1) is 12.3 Å². The van der Waals surface area contributed by atoms with Gasteiger partial charge in [-0.25, -0.2) is 0 Å². The number of hydrogen-bond donors (Lipinski definition) is 1. The number of rotatable bonds is 6. The van der Waals surface area contributed by atoms with Crippen LogP contribution in [0.5, 0.6) is 5.75 Å². The number of nitrogens with two attached hydrogens (primary N) is 1. The molecule has 0 bridgehead atoms. The van der Waals surface area contributed by atoms with E-state index in [-0.39, 0.29) is 0 Å². The summed E-state index contributed by atoms with van der Waals surface area (Å²) in [6.07, 6.45) is 0.935. The molecule has 6 heteroatoms. The first kappa shape index (κ1) is 13.7. The number of aromatic nitrogens is 3. The molecule has 19 heavy (non-hydrogen) atoms. The van der Waals surface area contributed by atoms with Gasteiger partial charge in [-0.15, -0.1) is 10.2 Å². The molecular weight excluding hydrogens is 260 g/mol. The van der Waals surface area contributed by atoms with E-state index in [1.54, 1.807) is 11.8 Å². The third-order valence-electron chi connectivity index (χ3n) is 2.75. The lowest BCUT2D eigenvalue weighted by Gasteiger charge is -2.08.